The molecule has 0 saturated carbocycles. The molecule has 2 aromatic carbocycles. The fourth-order valence-electron chi connectivity index (χ4n) is 2.23. The molecule has 0 aliphatic carbocycles. The molecule has 2 heteroatoms. The second kappa shape index (κ2) is 7.49. The van der Waals surface area contributed by atoms with Gasteiger partial charge in [-0.15, -0.1) is 0 Å². The van der Waals surface area contributed by atoms with E-state index >= 15 is 0 Å². The first kappa shape index (κ1) is 14.3. The Labute approximate surface area is 120 Å². The number of nitrogen functional groups attached to an aromatic ring is 1. The summed E-state index contributed by atoms with van der Waals surface area (Å²) in [5, 5.41) is 0. The lowest BCUT2D eigenvalue weighted by Gasteiger charge is -2.03. The van der Waals surface area contributed by atoms with Crippen molar-refractivity contribution >= 4 is 11.5 Å². The maximum absolute atomic E-state index is 11.8. The number of nitrogens with two attached hydrogens (primary N) is 1. The third kappa shape index (κ3) is 4.88. The summed E-state index contributed by atoms with van der Waals surface area (Å²) in [7, 11) is 0. The van der Waals surface area contributed by atoms with Crippen LogP contribution in [-0.4, -0.2) is 5.78 Å². The highest BCUT2D eigenvalue weighted by Gasteiger charge is 2.03. The van der Waals surface area contributed by atoms with Gasteiger partial charge in [-0.05, 0) is 42.5 Å². The standard InChI is InChI=1S/C18H21NO/c19-17-12-9-16(10-13-17)11-14-18(20)8-4-7-15-5-2-1-3-6-15/h1-3,5-6,9-10,12-13H,4,7-8,11,14,19H2. The van der Waals surface area contributed by atoms with Gasteiger partial charge < -0.3 is 5.73 Å². The highest BCUT2D eigenvalue weighted by atomic mass is 16.1. The Morgan fingerprint density at radius 1 is 0.800 bits per heavy atom. The molecule has 0 saturated heterocycles. The van der Waals surface area contributed by atoms with E-state index < -0.39 is 0 Å². The lowest BCUT2D eigenvalue weighted by Crippen LogP contribution is -2.01. The molecule has 2 nitrogen and oxygen atoms in total. The fourth-order valence-corrected chi connectivity index (χ4v) is 2.23. The normalized spacial score (nSPS) is 10.4. The molecule has 2 rings (SSSR count). The van der Waals surface area contributed by atoms with E-state index in [4.69, 9.17) is 5.73 Å². The van der Waals surface area contributed by atoms with E-state index in [0.717, 1.165) is 24.9 Å². The minimum atomic E-state index is 0.345. The summed E-state index contributed by atoms with van der Waals surface area (Å²) in [5.74, 6) is 0.345. The van der Waals surface area contributed by atoms with Gasteiger partial charge in [0.2, 0.25) is 0 Å². The van der Waals surface area contributed by atoms with Crippen molar-refractivity contribution in [3.63, 3.8) is 0 Å². The van der Waals surface area contributed by atoms with Gasteiger partial charge in [-0.25, -0.2) is 0 Å². The van der Waals surface area contributed by atoms with Crippen LogP contribution in [0, 0.1) is 0 Å². The SMILES string of the molecule is Nc1ccc(CCC(=O)CCCc2ccccc2)cc1. The van der Waals surface area contributed by atoms with Gasteiger partial charge in [0.05, 0.1) is 0 Å². The molecule has 0 unspecified atom stereocenters. The number of anilines is 1. The van der Waals surface area contributed by atoms with Gasteiger partial charge in [0.15, 0.2) is 0 Å². The van der Waals surface area contributed by atoms with Crippen LogP contribution in [0.25, 0.3) is 0 Å². The first-order valence-corrected chi connectivity index (χ1v) is 7.14. The molecule has 0 bridgehead atoms. The lowest BCUT2D eigenvalue weighted by molar-refractivity contribution is -0.119. The molecule has 0 amide bonds. The predicted octanol–water partition coefficient (Wildman–Crippen LogP) is 3.79. The van der Waals surface area contributed by atoms with Crippen molar-refractivity contribution in [2.45, 2.75) is 32.1 Å². The Morgan fingerprint density at radius 3 is 2.15 bits per heavy atom. The third-order valence-corrected chi connectivity index (χ3v) is 3.44. The third-order valence-electron chi connectivity index (χ3n) is 3.44. The first-order valence-electron chi connectivity index (χ1n) is 7.14. The highest BCUT2D eigenvalue weighted by molar-refractivity contribution is 5.78. The van der Waals surface area contributed by atoms with Gasteiger partial charge in [-0.2, -0.15) is 0 Å². The van der Waals surface area contributed by atoms with Crippen molar-refractivity contribution in [1.82, 2.24) is 0 Å². The van der Waals surface area contributed by atoms with Crippen molar-refractivity contribution in [1.29, 1.82) is 0 Å². The maximum atomic E-state index is 11.8. The van der Waals surface area contributed by atoms with Crippen LogP contribution in [-0.2, 0) is 17.6 Å². The molecular weight excluding hydrogens is 246 g/mol. The van der Waals surface area contributed by atoms with Crippen molar-refractivity contribution in [2.75, 3.05) is 5.73 Å². The molecule has 0 heterocycles. The van der Waals surface area contributed by atoms with Crippen LogP contribution in [0.1, 0.15) is 30.4 Å². The average molecular weight is 267 g/mol. The van der Waals surface area contributed by atoms with Gasteiger partial charge in [0.25, 0.3) is 0 Å². The summed E-state index contributed by atoms with van der Waals surface area (Å²) in [4.78, 5) is 11.8. The molecule has 0 spiro atoms. The van der Waals surface area contributed by atoms with Crippen molar-refractivity contribution in [3.8, 4) is 0 Å². The second-order valence-electron chi connectivity index (χ2n) is 5.12. The summed E-state index contributed by atoms with van der Waals surface area (Å²) in [6, 6.07) is 18.1. The number of rotatable bonds is 7. The van der Waals surface area contributed by atoms with E-state index in [1.54, 1.807) is 0 Å². The molecule has 2 N–H and O–H groups in total. The zero-order valence-electron chi connectivity index (χ0n) is 11.7. The van der Waals surface area contributed by atoms with Crippen molar-refractivity contribution in [3.05, 3.63) is 65.7 Å². The van der Waals surface area contributed by atoms with Gasteiger partial charge >= 0.3 is 0 Å². The van der Waals surface area contributed by atoms with Crippen LogP contribution in [0.4, 0.5) is 5.69 Å². The molecule has 0 aromatic heterocycles. The zero-order chi connectivity index (χ0) is 14.2. The van der Waals surface area contributed by atoms with Crippen molar-refractivity contribution < 1.29 is 4.79 Å². The number of Topliss-reactive ketones (excluding diaryl/α,β-unsaturated/α-hetero) is 1. The van der Waals surface area contributed by atoms with Crippen LogP contribution < -0.4 is 5.73 Å². The second-order valence-corrected chi connectivity index (χ2v) is 5.12. The fraction of sp³-hybridized carbons (Fsp3) is 0.278. The Balaban J connectivity index is 1.67. The van der Waals surface area contributed by atoms with E-state index in [0.29, 0.717) is 18.6 Å². The van der Waals surface area contributed by atoms with E-state index in [1.807, 2.05) is 42.5 Å². The van der Waals surface area contributed by atoms with Crippen LogP contribution in [0.3, 0.4) is 0 Å². The van der Waals surface area contributed by atoms with Gasteiger partial charge in [0.1, 0.15) is 5.78 Å². The van der Waals surface area contributed by atoms with E-state index in [1.165, 1.54) is 11.1 Å². The number of ketones is 1. The summed E-state index contributed by atoms with van der Waals surface area (Å²) < 4.78 is 0. The van der Waals surface area contributed by atoms with Crippen molar-refractivity contribution in [2.24, 2.45) is 0 Å². The molecule has 0 atom stereocenters. The summed E-state index contributed by atoms with van der Waals surface area (Å²) in [5.41, 5.74) is 8.88. The first-order chi connectivity index (χ1) is 9.74. The molecule has 20 heavy (non-hydrogen) atoms. The molecule has 104 valence electrons. The summed E-state index contributed by atoms with van der Waals surface area (Å²) >= 11 is 0. The number of hydrogen-bond donors (Lipinski definition) is 1. The molecule has 0 aliphatic rings. The topological polar surface area (TPSA) is 43.1 Å². The van der Waals surface area contributed by atoms with Crippen LogP contribution in [0.15, 0.2) is 54.6 Å². The van der Waals surface area contributed by atoms with E-state index in [9.17, 15) is 4.79 Å². The Kier molecular flexibility index (Phi) is 5.36. The van der Waals surface area contributed by atoms with Crippen LogP contribution >= 0.6 is 0 Å². The molecule has 0 radical (unpaired) electrons. The smallest absolute Gasteiger partial charge is 0.133 e. The Morgan fingerprint density at radius 2 is 1.45 bits per heavy atom. The Bertz CT molecular complexity index is 531. The zero-order valence-corrected chi connectivity index (χ0v) is 11.7. The van der Waals surface area contributed by atoms with Gasteiger partial charge in [-0.3, -0.25) is 4.79 Å². The number of carbonyl (C=O) groups excluding carboxylic acids is 1. The summed E-state index contributed by atoms with van der Waals surface area (Å²) in [6.07, 6.45) is 4.02. The van der Waals surface area contributed by atoms with Crippen LogP contribution in [0.5, 0.6) is 0 Å². The molecule has 2 aromatic rings. The quantitative estimate of drug-likeness (QED) is 0.775. The molecular formula is C18H21NO. The molecule has 0 aliphatic heterocycles. The maximum Gasteiger partial charge on any atom is 0.133 e. The monoisotopic (exact) mass is 267 g/mol. The number of hydrogen-bond acceptors (Lipinski definition) is 2. The van der Waals surface area contributed by atoms with Crippen LogP contribution in [0.2, 0.25) is 0 Å². The highest BCUT2D eigenvalue weighted by Crippen LogP contribution is 2.10. The Hall–Kier alpha value is -2.09. The van der Waals surface area contributed by atoms with Gasteiger partial charge in [-0.1, -0.05) is 42.5 Å². The van der Waals surface area contributed by atoms with E-state index in [2.05, 4.69) is 12.1 Å². The number of carbonyl (C=O) groups is 1. The largest absolute Gasteiger partial charge is 0.399 e. The minimum absolute atomic E-state index is 0.345. The van der Waals surface area contributed by atoms with Gasteiger partial charge in [0, 0.05) is 18.5 Å². The molecule has 0 fully saturated rings. The summed E-state index contributed by atoms with van der Waals surface area (Å²) in [6.45, 7) is 0. The van der Waals surface area contributed by atoms with E-state index in [-0.39, 0.29) is 0 Å². The number of benzene rings is 2. The number of aryl methyl sites for hydroxylation is 2. The average Bonchev–Trinajstić information content (AvgIpc) is 2.48. The predicted molar refractivity (Wildman–Crippen MR) is 83.6 cm³/mol. The minimum Gasteiger partial charge on any atom is -0.399 e. The lowest BCUT2D eigenvalue weighted by atomic mass is 10.0.